The molecule has 1 aromatic rings. The molecule has 0 bridgehead atoms. The first-order valence-electron chi connectivity index (χ1n) is 4.34. The van der Waals surface area contributed by atoms with Crippen molar-refractivity contribution in [2.75, 3.05) is 7.11 Å². The van der Waals surface area contributed by atoms with Gasteiger partial charge in [0.25, 0.3) is 6.43 Å². The Kier molecular flexibility index (Phi) is 3.98. The van der Waals surface area contributed by atoms with Crippen molar-refractivity contribution < 1.29 is 18.3 Å². The lowest BCUT2D eigenvalue weighted by molar-refractivity contribution is -0.154. The lowest BCUT2D eigenvalue weighted by Gasteiger charge is -2.25. The van der Waals surface area contributed by atoms with Gasteiger partial charge < -0.3 is 10.5 Å². The number of hydrogen-bond donors (Lipinski definition) is 1. The first-order chi connectivity index (χ1) is 7.42. The van der Waals surface area contributed by atoms with E-state index in [9.17, 15) is 13.6 Å². The first kappa shape index (κ1) is 13.1. The van der Waals surface area contributed by atoms with Crippen molar-refractivity contribution >= 4 is 21.9 Å². The van der Waals surface area contributed by atoms with Crippen molar-refractivity contribution in [2.24, 2.45) is 5.73 Å². The number of alkyl halides is 2. The molecule has 2 N–H and O–H groups in total. The van der Waals surface area contributed by atoms with Crippen molar-refractivity contribution in [3.8, 4) is 0 Å². The van der Waals surface area contributed by atoms with Crippen LogP contribution in [0.1, 0.15) is 5.56 Å². The van der Waals surface area contributed by atoms with Crippen LogP contribution in [0.4, 0.5) is 8.78 Å². The van der Waals surface area contributed by atoms with Crippen molar-refractivity contribution in [3.05, 3.63) is 34.3 Å². The van der Waals surface area contributed by atoms with Gasteiger partial charge in [0.15, 0.2) is 0 Å². The first-order valence-corrected chi connectivity index (χ1v) is 5.13. The number of rotatable bonds is 3. The number of carbonyl (C=O) groups excluding carboxylic acids is 1. The molecule has 0 aromatic heterocycles. The minimum absolute atomic E-state index is 0.0116. The van der Waals surface area contributed by atoms with E-state index in [4.69, 9.17) is 5.73 Å². The van der Waals surface area contributed by atoms with Gasteiger partial charge in [-0.3, -0.25) is 0 Å². The summed E-state index contributed by atoms with van der Waals surface area (Å²) in [4.78, 5) is 11.3. The maximum Gasteiger partial charge on any atom is 0.336 e. The fourth-order valence-electron chi connectivity index (χ4n) is 1.23. The Morgan fingerprint density at radius 2 is 1.94 bits per heavy atom. The summed E-state index contributed by atoms with van der Waals surface area (Å²) in [5.41, 5.74) is 3.02. The maximum absolute atomic E-state index is 12.9. The van der Waals surface area contributed by atoms with Gasteiger partial charge in [0.05, 0.1) is 7.11 Å². The maximum atomic E-state index is 12.9. The minimum atomic E-state index is -3.04. The SMILES string of the molecule is COC(=O)C(N)(c1ccc(Br)cc1)C(F)F. The molecule has 3 nitrogen and oxygen atoms in total. The Morgan fingerprint density at radius 1 is 1.44 bits per heavy atom. The van der Waals surface area contributed by atoms with Crippen LogP contribution in [-0.2, 0) is 15.1 Å². The highest BCUT2D eigenvalue weighted by Gasteiger charge is 2.46. The normalized spacial score (nSPS) is 14.6. The number of nitrogens with two attached hydrogens (primary N) is 1. The lowest BCUT2D eigenvalue weighted by Crippen LogP contribution is -2.51. The van der Waals surface area contributed by atoms with Gasteiger partial charge in [-0.2, -0.15) is 0 Å². The summed E-state index contributed by atoms with van der Waals surface area (Å²) in [7, 11) is 1.02. The molecule has 0 heterocycles. The van der Waals surface area contributed by atoms with Crippen molar-refractivity contribution in [2.45, 2.75) is 12.0 Å². The minimum Gasteiger partial charge on any atom is -0.467 e. The van der Waals surface area contributed by atoms with E-state index < -0.39 is 17.9 Å². The molecule has 0 saturated carbocycles. The summed E-state index contributed by atoms with van der Waals surface area (Å²) in [6.45, 7) is 0. The second-order valence-corrected chi connectivity index (χ2v) is 4.08. The number of esters is 1. The number of halogens is 3. The van der Waals surface area contributed by atoms with E-state index >= 15 is 0 Å². The predicted molar refractivity (Wildman–Crippen MR) is 58.0 cm³/mol. The highest BCUT2D eigenvalue weighted by Crippen LogP contribution is 2.28. The third-order valence-corrected chi connectivity index (χ3v) is 2.72. The zero-order chi connectivity index (χ0) is 12.3. The molecular weight excluding hydrogens is 284 g/mol. The Balaban J connectivity index is 3.21. The predicted octanol–water partition coefficient (Wildman–Crippen LogP) is 2.04. The summed E-state index contributed by atoms with van der Waals surface area (Å²) in [5, 5.41) is 0. The van der Waals surface area contributed by atoms with Crippen LogP contribution in [0.25, 0.3) is 0 Å². The van der Waals surface area contributed by atoms with E-state index in [0.29, 0.717) is 4.47 Å². The Bertz CT molecular complexity index is 383. The molecule has 0 radical (unpaired) electrons. The van der Waals surface area contributed by atoms with Crippen LogP contribution in [0.5, 0.6) is 0 Å². The Hall–Kier alpha value is -1.01. The van der Waals surface area contributed by atoms with Gasteiger partial charge >= 0.3 is 5.97 Å². The van der Waals surface area contributed by atoms with Crippen LogP contribution in [0.3, 0.4) is 0 Å². The van der Waals surface area contributed by atoms with Crippen LogP contribution in [-0.4, -0.2) is 19.5 Å². The fraction of sp³-hybridized carbons (Fsp3) is 0.300. The summed E-state index contributed by atoms with van der Waals surface area (Å²) in [6, 6.07) is 5.77. The molecule has 0 aliphatic carbocycles. The van der Waals surface area contributed by atoms with Gasteiger partial charge in [0.1, 0.15) is 0 Å². The number of hydrogen-bond acceptors (Lipinski definition) is 3. The van der Waals surface area contributed by atoms with Crippen LogP contribution >= 0.6 is 15.9 Å². The molecule has 0 spiro atoms. The molecule has 1 atom stereocenters. The molecule has 0 aliphatic rings. The highest BCUT2D eigenvalue weighted by atomic mass is 79.9. The molecule has 6 heteroatoms. The average molecular weight is 294 g/mol. The highest BCUT2D eigenvalue weighted by molar-refractivity contribution is 9.10. The number of carbonyl (C=O) groups is 1. The monoisotopic (exact) mass is 293 g/mol. The van der Waals surface area contributed by atoms with Crippen LogP contribution < -0.4 is 5.73 Å². The third-order valence-electron chi connectivity index (χ3n) is 2.19. The van der Waals surface area contributed by atoms with E-state index in [-0.39, 0.29) is 5.56 Å². The molecule has 1 unspecified atom stereocenters. The molecule has 1 aromatic carbocycles. The second-order valence-electron chi connectivity index (χ2n) is 3.17. The van der Waals surface area contributed by atoms with E-state index in [0.717, 1.165) is 7.11 Å². The zero-order valence-electron chi connectivity index (χ0n) is 8.41. The van der Waals surface area contributed by atoms with E-state index in [1.807, 2.05) is 0 Å². The molecule has 0 saturated heterocycles. The smallest absolute Gasteiger partial charge is 0.336 e. The molecule has 0 amide bonds. The quantitative estimate of drug-likeness (QED) is 0.868. The van der Waals surface area contributed by atoms with Gasteiger partial charge in [-0.25, -0.2) is 13.6 Å². The van der Waals surface area contributed by atoms with Crippen LogP contribution in [0.2, 0.25) is 0 Å². The average Bonchev–Trinajstić information content (AvgIpc) is 2.27. The van der Waals surface area contributed by atoms with Gasteiger partial charge in [-0.1, -0.05) is 28.1 Å². The van der Waals surface area contributed by atoms with Gasteiger partial charge in [-0.05, 0) is 17.7 Å². The second kappa shape index (κ2) is 4.88. The third kappa shape index (κ3) is 2.22. The molecule has 16 heavy (non-hydrogen) atoms. The summed E-state index contributed by atoms with van der Waals surface area (Å²) in [5.74, 6) is -1.16. The van der Waals surface area contributed by atoms with Crippen molar-refractivity contribution in [1.82, 2.24) is 0 Å². The fourth-order valence-corrected chi connectivity index (χ4v) is 1.49. The molecule has 88 valence electrons. The lowest BCUT2D eigenvalue weighted by atomic mass is 9.91. The van der Waals surface area contributed by atoms with Crippen LogP contribution in [0, 0.1) is 0 Å². The Morgan fingerprint density at radius 3 is 2.31 bits per heavy atom. The van der Waals surface area contributed by atoms with E-state index in [1.54, 1.807) is 0 Å². The van der Waals surface area contributed by atoms with Gasteiger partial charge in [0, 0.05) is 4.47 Å². The van der Waals surface area contributed by atoms with Gasteiger partial charge in [0.2, 0.25) is 5.54 Å². The Labute approximate surface area is 99.7 Å². The zero-order valence-corrected chi connectivity index (χ0v) is 10.0. The standard InChI is InChI=1S/C10H10BrF2NO2/c1-16-9(15)10(14,8(12)13)6-2-4-7(11)5-3-6/h2-5,8H,14H2,1H3. The van der Waals surface area contributed by atoms with Crippen LogP contribution in [0.15, 0.2) is 28.7 Å². The molecule has 1 rings (SSSR count). The van der Waals surface area contributed by atoms with Gasteiger partial charge in [-0.15, -0.1) is 0 Å². The molecular formula is C10H10BrF2NO2. The van der Waals surface area contributed by atoms with E-state index in [1.165, 1.54) is 24.3 Å². The number of ether oxygens (including phenoxy) is 1. The van der Waals surface area contributed by atoms with E-state index in [2.05, 4.69) is 20.7 Å². The number of methoxy groups -OCH3 is 1. The summed E-state index contributed by atoms with van der Waals surface area (Å²) in [6.07, 6.45) is -3.04. The van der Waals surface area contributed by atoms with Crippen molar-refractivity contribution in [1.29, 1.82) is 0 Å². The summed E-state index contributed by atoms with van der Waals surface area (Å²) < 4.78 is 30.8. The topological polar surface area (TPSA) is 52.3 Å². The summed E-state index contributed by atoms with van der Waals surface area (Å²) >= 11 is 3.16. The number of benzene rings is 1. The van der Waals surface area contributed by atoms with Crippen molar-refractivity contribution in [3.63, 3.8) is 0 Å². The molecule has 0 aliphatic heterocycles. The molecule has 0 fully saturated rings. The largest absolute Gasteiger partial charge is 0.467 e.